The third-order valence-electron chi connectivity index (χ3n) is 6.32. The summed E-state index contributed by atoms with van der Waals surface area (Å²) >= 11 is 12.7. The second-order valence-corrected chi connectivity index (χ2v) is 12.8. The maximum absolute atomic E-state index is 14.2. The predicted octanol–water partition coefficient (Wildman–Crippen LogP) is 7.09. The topological polar surface area (TPSA) is 115 Å². The molecule has 4 rings (SSSR count). The van der Waals surface area contributed by atoms with Crippen molar-refractivity contribution >= 4 is 44.8 Å². The van der Waals surface area contributed by atoms with E-state index < -0.39 is 27.8 Å². The van der Waals surface area contributed by atoms with Crippen molar-refractivity contribution in [3.63, 3.8) is 0 Å². The van der Waals surface area contributed by atoms with Crippen LogP contribution >= 0.6 is 23.2 Å². The molecule has 2 aromatic carbocycles. The van der Waals surface area contributed by atoms with Crippen molar-refractivity contribution in [1.82, 2.24) is 14.9 Å². The van der Waals surface area contributed by atoms with Crippen molar-refractivity contribution in [2.24, 2.45) is 0 Å². The summed E-state index contributed by atoms with van der Waals surface area (Å²) in [6.07, 6.45) is -4.00. The van der Waals surface area contributed by atoms with Crippen LogP contribution in [0.4, 0.5) is 18.9 Å². The zero-order chi connectivity index (χ0) is 32.4. The fourth-order valence-electron chi connectivity index (χ4n) is 4.41. The molecule has 44 heavy (non-hydrogen) atoms. The van der Waals surface area contributed by atoms with Crippen LogP contribution in [-0.4, -0.2) is 37.8 Å². The number of nitrogens with one attached hydrogen (secondary N) is 1. The van der Waals surface area contributed by atoms with Crippen molar-refractivity contribution in [3.8, 4) is 17.1 Å². The van der Waals surface area contributed by atoms with Crippen molar-refractivity contribution in [1.29, 1.82) is 0 Å². The molecular weight excluding hydrogens is 644 g/mol. The van der Waals surface area contributed by atoms with Gasteiger partial charge in [-0.15, -0.1) is 0 Å². The summed E-state index contributed by atoms with van der Waals surface area (Å²) in [5, 5.41) is 4.75. The molecule has 0 fully saturated rings. The molecule has 0 aliphatic rings. The van der Waals surface area contributed by atoms with Gasteiger partial charge in [0.15, 0.2) is 5.69 Å². The Bertz CT molecular complexity index is 1780. The van der Waals surface area contributed by atoms with E-state index in [1.165, 1.54) is 42.3 Å². The molecule has 4 aromatic rings. The number of halogens is 5. The Hall–Kier alpha value is -3.81. The van der Waals surface area contributed by atoms with Crippen LogP contribution in [0.15, 0.2) is 59.1 Å². The van der Waals surface area contributed by atoms with E-state index >= 15 is 0 Å². The number of carbonyl (C=O) groups is 1. The third kappa shape index (κ3) is 7.82. The van der Waals surface area contributed by atoms with E-state index in [1.54, 1.807) is 24.3 Å². The van der Waals surface area contributed by atoms with Gasteiger partial charge in [-0.05, 0) is 35.9 Å². The van der Waals surface area contributed by atoms with Crippen LogP contribution < -0.4 is 14.4 Å². The molecule has 9 nitrogen and oxygen atoms in total. The fourth-order valence-corrected chi connectivity index (χ4v) is 5.44. The van der Waals surface area contributed by atoms with Gasteiger partial charge in [0.2, 0.25) is 15.9 Å². The van der Waals surface area contributed by atoms with Gasteiger partial charge in [0.25, 0.3) is 5.91 Å². The van der Waals surface area contributed by atoms with Gasteiger partial charge in [-0.2, -0.15) is 13.2 Å². The number of rotatable bonds is 10. The van der Waals surface area contributed by atoms with E-state index in [2.05, 4.69) is 10.1 Å². The molecule has 0 unspecified atom stereocenters. The molecule has 0 saturated heterocycles. The highest BCUT2D eigenvalue weighted by Gasteiger charge is 2.37. The normalized spacial score (nSPS) is 12.0. The Labute approximate surface area is 262 Å². The van der Waals surface area contributed by atoms with Crippen molar-refractivity contribution in [2.45, 2.75) is 39.1 Å². The van der Waals surface area contributed by atoms with Gasteiger partial charge in [0.1, 0.15) is 18.1 Å². The number of hydrogen-bond donors (Lipinski definition) is 1. The third-order valence-corrected chi connectivity index (χ3v) is 7.51. The average molecular weight is 672 g/mol. The van der Waals surface area contributed by atoms with E-state index in [9.17, 15) is 26.4 Å². The van der Waals surface area contributed by atoms with Crippen LogP contribution in [0.2, 0.25) is 10.0 Å². The lowest BCUT2D eigenvalue weighted by atomic mass is 10.0. The predicted molar refractivity (Wildman–Crippen MR) is 160 cm³/mol. The summed E-state index contributed by atoms with van der Waals surface area (Å²) in [5.74, 6) is -0.830. The van der Waals surface area contributed by atoms with Crippen molar-refractivity contribution in [3.05, 3.63) is 92.8 Å². The summed E-state index contributed by atoms with van der Waals surface area (Å²) in [6.45, 7) is 3.45. The molecule has 1 amide bonds. The first-order valence-electron chi connectivity index (χ1n) is 13.0. The molecule has 1 N–H and O–H groups in total. The number of amides is 1. The van der Waals surface area contributed by atoms with Crippen LogP contribution in [0.1, 0.15) is 52.7 Å². The van der Waals surface area contributed by atoms with E-state index in [0.717, 1.165) is 6.26 Å². The average Bonchev–Trinajstić information content (AvgIpc) is 3.34. The molecule has 0 bridgehead atoms. The standard InChI is InChI=1S/C29H27Cl2F3N4O5S/c1-16(2)26-19(25(36-43-26)24-20(30)9-6-10-21(24)31)15-42-23-12-11-22(27(35-23)29(32,33)34)38(3)14-17-7-5-8-18(13-17)28(39)37-44(4,40)41/h5-13,16H,14-15H2,1-4H3,(H,37,39). The lowest BCUT2D eigenvalue weighted by Crippen LogP contribution is -2.29. The number of ether oxygens (including phenoxy) is 1. The number of benzene rings is 2. The highest BCUT2D eigenvalue weighted by Crippen LogP contribution is 2.40. The second kappa shape index (κ2) is 13.0. The first-order chi connectivity index (χ1) is 20.5. The molecule has 0 radical (unpaired) electrons. The highest BCUT2D eigenvalue weighted by molar-refractivity contribution is 7.89. The summed E-state index contributed by atoms with van der Waals surface area (Å²) in [7, 11) is -2.37. The van der Waals surface area contributed by atoms with Crippen LogP contribution in [-0.2, 0) is 29.4 Å². The molecular formula is C29H27Cl2F3N4O5S. The largest absolute Gasteiger partial charge is 0.473 e. The minimum absolute atomic E-state index is 0.0335. The minimum Gasteiger partial charge on any atom is -0.473 e. The highest BCUT2D eigenvalue weighted by atomic mass is 35.5. The van der Waals surface area contributed by atoms with E-state index in [1.807, 2.05) is 18.6 Å². The van der Waals surface area contributed by atoms with Crippen molar-refractivity contribution < 1.29 is 35.6 Å². The van der Waals surface area contributed by atoms with Gasteiger partial charge < -0.3 is 14.2 Å². The molecule has 0 saturated carbocycles. The zero-order valence-corrected chi connectivity index (χ0v) is 26.2. The molecule has 0 aliphatic heterocycles. The van der Waals surface area contributed by atoms with Gasteiger partial charge in [-0.25, -0.2) is 18.1 Å². The van der Waals surface area contributed by atoms with Gasteiger partial charge in [0, 0.05) is 36.7 Å². The number of pyridine rings is 1. The number of anilines is 1. The minimum atomic E-state index is -4.84. The first kappa shape index (κ1) is 33.1. The Morgan fingerprint density at radius 3 is 2.36 bits per heavy atom. The summed E-state index contributed by atoms with van der Waals surface area (Å²) in [6, 6.07) is 13.3. The van der Waals surface area contributed by atoms with E-state index in [4.69, 9.17) is 32.5 Å². The number of alkyl halides is 3. The monoisotopic (exact) mass is 670 g/mol. The maximum Gasteiger partial charge on any atom is 0.435 e. The lowest BCUT2D eigenvalue weighted by Gasteiger charge is -2.23. The van der Waals surface area contributed by atoms with E-state index in [-0.39, 0.29) is 36.2 Å². The molecule has 2 aromatic heterocycles. The number of carbonyl (C=O) groups excluding carboxylic acids is 1. The van der Waals surface area contributed by atoms with Crippen LogP contribution in [0.5, 0.6) is 5.88 Å². The Morgan fingerprint density at radius 2 is 1.75 bits per heavy atom. The van der Waals surface area contributed by atoms with Gasteiger partial charge in [0.05, 0.1) is 27.6 Å². The van der Waals surface area contributed by atoms with Gasteiger partial charge in [-0.3, -0.25) is 4.79 Å². The molecule has 0 spiro atoms. The first-order valence-corrected chi connectivity index (χ1v) is 15.7. The summed E-state index contributed by atoms with van der Waals surface area (Å²) in [5.41, 5.74) is 0.242. The molecule has 0 aliphatic carbocycles. The Morgan fingerprint density at radius 1 is 1.09 bits per heavy atom. The molecule has 0 atom stereocenters. The molecule has 2 heterocycles. The lowest BCUT2D eigenvalue weighted by molar-refractivity contribution is -0.140. The van der Waals surface area contributed by atoms with Crippen LogP contribution in [0, 0.1) is 0 Å². The van der Waals surface area contributed by atoms with Gasteiger partial charge in [-0.1, -0.05) is 60.4 Å². The quantitative estimate of drug-likeness (QED) is 0.190. The summed E-state index contributed by atoms with van der Waals surface area (Å²) in [4.78, 5) is 17.3. The number of aromatic nitrogens is 2. The maximum atomic E-state index is 14.2. The SMILES string of the molecule is CC(C)c1onc(-c2c(Cl)cccc2Cl)c1COc1ccc(N(C)Cc2cccc(C(=O)NS(C)(=O)=O)c2)c(C(F)(F)F)n1. The Balaban J connectivity index is 1.61. The number of sulfonamides is 1. The number of nitrogens with zero attached hydrogens (tertiary/aromatic N) is 3. The summed E-state index contributed by atoms with van der Waals surface area (Å²) < 4.78 is 78.6. The zero-order valence-electron chi connectivity index (χ0n) is 23.9. The fraction of sp³-hybridized carbons (Fsp3) is 0.276. The molecule has 234 valence electrons. The van der Waals surface area contributed by atoms with Crippen LogP contribution in [0.3, 0.4) is 0 Å². The van der Waals surface area contributed by atoms with Gasteiger partial charge >= 0.3 is 6.18 Å². The Kier molecular flexibility index (Phi) is 9.81. The molecule has 15 heteroatoms. The second-order valence-electron chi connectivity index (χ2n) is 10.2. The number of hydrogen-bond acceptors (Lipinski definition) is 8. The van der Waals surface area contributed by atoms with Crippen LogP contribution in [0.25, 0.3) is 11.3 Å². The van der Waals surface area contributed by atoms with E-state index in [0.29, 0.717) is 38.2 Å². The van der Waals surface area contributed by atoms with Crippen molar-refractivity contribution in [2.75, 3.05) is 18.2 Å². The smallest absolute Gasteiger partial charge is 0.435 e.